The molecule has 2 aromatic carbocycles. The second kappa shape index (κ2) is 10.7. The summed E-state index contributed by atoms with van der Waals surface area (Å²) < 4.78 is 4.88. The monoisotopic (exact) mass is 469 g/mol. The van der Waals surface area contributed by atoms with Gasteiger partial charge < -0.3 is 4.74 Å². The van der Waals surface area contributed by atoms with E-state index in [2.05, 4.69) is 16.3 Å². The lowest BCUT2D eigenvalue weighted by molar-refractivity contribution is -0.385. The molecule has 0 spiro atoms. The van der Waals surface area contributed by atoms with Crippen LogP contribution < -0.4 is 16.3 Å². The van der Waals surface area contributed by atoms with Gasteiger partial charge in [-0.2, -0.15) is 0 Å². The molecule has 0 aliphatic carbocycles. The average Bonchev–Trinajstić information content (AvgIpc) is 3.21. The van der Waals surface area contributed by atoms with Crippen LogP contribution in [-0.2, 0) is 19.1 Å². The highest BCUT2D eigenvalue weighted by atomic mass is 16.6. The fourth-order valence-electron chi connectivity index (χ4n) is 3.06. The maximum absolute atomic E-state index is 12.4. The summed E-state index contributed by atoms with van der Waals surface area (Å²) in [6.45, 7) is -0.947. The molecule has 13 heteroatoms. The summed E-state index contributed by atoms with van der Waals surface area (Å²) in [6, 6.07) is 13.3. The van der Waals surface area contributed by atoms with Crippen LogP contribution >= 0.6 is 0 Å². The first-order chi connectivity index (χ1) is 16.3. The van der Waals surface area contributed by atoms with Gasteiger partial charge in [-0.15, -0.1) is 0 Å². The topological polar surface area (TPSA) is 177 Å². The summed E-state index contributed by atoms with van der Waals surface area (Å²) >= 11 is 0. The molecule has 1 fully saturated rings. The minimum atomic E-state index is -0.967. The van der Waals surface area contributed by atoms with Crippen molar-refractivity contribution >= 4 is 35.3 Å². The number of nitro groups is 1. The molecule has 3 rings (SSSR count). The number of hydrogen-bond acceptors (Lipinski definition) is 8. The van der Waals surface area contributed by atoms with Gasteiger partial charge in [-0.25, -0.2) is 0 Å². The standard InChI is InChI=1S/C21H19N5O8/c27-17(22-23-19(29)13-6-2-1-3-7-13)12-34-21(31)14-10-18(28)25(11-14)24-20(30)15-8-4-5-9-16(15)26(32)33/h1-9,14H,10-12H2,(H,22,27)(H,23,29)(H,24,30)/t14-/m0/s1. The second-order valence-corrected chi connectivity index (χ2v) is 7.10. The van der Waals surface area contributed by atoms with Crippen molar-refractivity contribution in [3.05, 3.63) is 75.8 Å². The Hall–Kier alpha value is -4.81. The smallest absolute Gasteiger partial charge is 0.311 e. The van der Waals surface area contributed by atoms with Crippen molar-refractivity contribution in [2.75, 3.05) is 13.2 Å². The number of nitrogens with zero attached hydrogens (tertiary/aromatic N) is 2. The van der Waals surface area contributed by atoms with Crippen LogP contribution in [0.1, 0.15) is 27.1 Å². The lowest BCUT2D eigenvalue weighted by Crippen LogP contribution is -2.44. The van der Waals surface area contributed by atoms with Crippen molar-refractivity contribution in [3.8, 4) is 0 Å². The van der Waals surface area contributed by atoms with E-state index in [-0.39, 0.29) is 18.5 Å². The molecular formula is C21H19N5O8. The van der Waals surface area contributed by atoms with Crippen molar-refractivity contribution in [2.45, 2.75) is 6.42 Å². The first-order valence-corrected chi connectivity index (χ1v) is 9.92. The molecule has 2 aromatic rings. The Kier molecular flexibility index (Phi) is 7.48. The highest BCUT2D eigenvalue weighted by molar-refractivity contribution is 5.99. The van der Waals surface area contributed by atoms with Gasteiger partial charge in [-0.05, 0) is 18.2 Å². The van der Waals surface area contributed by atoms with Gasteiger partial charge in [-0.1, -0.05) is 30.3 Å². The molecule has 13 nitrogen and oxygen atoms in total. The molecule has 0 saturated carbocycles. The first-order valence-electron chi connectivity index (χ1n) is 9.92. The van der Waals surface area contributed by atoms with E-state index in [0.29, 0.717) is 5.56 Å². The van der Waals surface area contributed by atoms with Gasteiger partial charge in [0.05, 0.1) is 17.4 Å². The number of carbonyl (C=O) groups is 5. The summed E-state index contributed by atoms with van der Waals surface area (Å²) in [5.74, 6) is -4.68. The van der Waals surface area contributed by atoms with Gasteiger partial charge in [0, 0.05) is 18.1 Å². The zero-order chi connectivity index (χ0) is 24.7. The predicted octanol–water partition coefficient (Wildman–Crippen LogP) is 0.0925. The Morgan fingerprint density at radius 2 is 1.68 bits per heavy atom. The van der Waals surface area contributed by atoms with Crippen LogP contribution in [0.15, 0.2) is 54.6 Å². The van der Waals surface area contributed by atoms with Crippen LogP contribution in [0.25, 0.3) is 0 Å². The zero-order valence-corrected chi connectivity index (χ0v) is 17.6. The molecule has 1 aliphatic rings. The number of benzene rings is 2. The van der Waals surface area contributed by atoms with Crippen LogP contribution in [0.2, 0.25) is 0 Å². The Bertz CT molecular complexity index is 1140. The lowest BCUT2D eigenvalue weighted by Gasteiger charge is -2.17. The van der Waals surface area contributed by atoms with E-state index in [1.165, 1.54) is 18.2 Å². The average molecular weight is 469 g/mol. The molecular weight excluding hydrogens is 450 g/mol. The third-order valence-electron chi connectivity index (χ3n) is 4.74. The summed E-state index contributed by atoms with van der Waals surface area (Å²) in [6.07, 6.45) is -0.289. The maximum Gasteiger partial charge on any atom is 0.311 e. The largest absolute Gasteiger partial charge is 0.455 e. The van der Waals surface area contributed by atoms with Crippen LogP contribution in [0, 0.1) is 16.0 Å². The minimum Gasteiger partial charge on any atom is -0.455 e. The molecule has 0 radical (unpaired) electrons. The highest BCUT2D eigenvalue weighted by Gasteiger charge is 2.37. The third kappa shape index (κ3) is 5.91. The van der Waals surface area contributed by atoms with E-state index in [0.717, 1.165) is 11.1 Å². The number of amides is 4. The highest BCUT2D eigenvalue weighted by Crippen LogP contribution is 2.20. The number of esters is 1. The van der Waals surface area contributed by atoms with Gasteiger partial charge in [-0.3, -0.25) is 55.4 Å². The van der Waals surface area contributed by atoms with E-state index in [1.807, 2.05) is 0 Å². The van der Waals surface area contributed by atoms with Gasteiger partial charge in [0.25, 0.3) is 23.4 Å². The van der Waals surface area contributed by atoms with Gasteiger partial charge >= 0.3 is 5.97 Å². The maximum atomic E-state index is 12.4. The first kappa shape index (κ1) is 23.8. The van der Waals surface area contributed by atoms with E-state index < -0.39 is 52.7 Å². The van der Waals surface area contributed by atoms with E-state index in [1.54, 1.807) is 30.3 Å². The number of ether oxygens (including phenoxy) is 1. The van der Waals surface area contributed by atoms with E-state index >= 15 is 0 Å². The number of carbonyl (C=O) groups excluding carboxylic acids is 5. The summed E-state index contributed by atoms with van der Waals surface area (Å²) in [4.78, 5) is 70.8. The summed E-state index contributed by atoms with van der Waals surface area (Å²) in [5, 5.41) is 11.9. The minimum absolute atomic E-state index is 0.240. The van der Waals surface area contributed by atoms with E-state index in [4.69, 9.17) is 4.74 Å². The van der Waals surface area contributed by atoms with Gasteiger partial charge in [0.15, 0.2) is 6.61 Å². The molecule has 0 unspecified atom stereocenters. The molecule has 3 N–H and O–H groups in total. The van der Waals surface area contributed by atoms with Crippen LogP contribution in [0.5, 0.6) is 0 Å². The van der Waals surface area contributed by atoms with Gasteiger partial charge in [0.2, 0.25) is 5.91 Å². The molecule has 176 valence electrons. The van der Waals surface area contributed by atoms with Crippen molar-refractivity contribution in [3.63, 3.8) is 0 Å². The van der Waals surface area contributed by atoms with E-state index in [9.17, 15) is 34.1 Å². The summed E-state index contributed by atoms with van der Waals surface area (Å²) in [5.41, 5.74) is 6.14. The molecule has 4 amide bonds. The Balaban J connectivity index is 1.46. The fourth-order valence-corrected chi connectivity index (χ4v) is 3.06. The molecule has 1 aliphatic heterocycles. The number of rotatable bonds is 7. The fraction of sp³-hybridized carbons (Fsp3) is 0.190. The number of hydrazine groups is 2. The number of nitro benzene ring substituents is 1. The third-order valence-corrected chi connectivity index (χ3v) is 4.74. The quantitative estimate of drug-likeness (QED) is 0.290. The van der Waals surface area contributed by atoms with Crippen molar-refractivity contribution in [2.24, 2.45) is 5.92 Å². The molecule has 1 heterocycles. The SMILES string of the molecule is O=C(COC(=O)[C@H]1CC(=O)N(NC(=O)c2ccccc2[N+](=O)[O-])C1)NNC(=O)c1ccccc1. The molecule has 1 atom stereocenters. The Morgan fingerprint density at radius 1 is 1.00 bits per heavy atom. The number of nitrogens with one attached hydrogen (secondary N) is 3. The molecule has 34 heavy (non-hydrogen) atoms. The second-order valence-electron chi connectivity index (χ2n) is 7.10. The molecule has 1 saturated heterocycles. The number of para-hydroxylation sites is 1. The van der Waals surface area contributed by atoms with Crippen molar-refractivity contribution < 1.29 is 33.6 Å². The van der Waals surface area contributed by atoms with Crippen molar-refractivity contribution in [1.29, 1.82) is 0 Å². The van der Waals surface area contributed by atoms with Crippen LogP contribution in [0.4, 0.5) is 5.69 Å². The van der Waals surface area contributed by atoms with Crippen LogP contribution in [0.3, 0.4) is 0 Å². The summed E-state index contributed by atoms with van der Waals surface area (Å²) in [7, 11) is 0. The normalized spacial score (nSPS) is 14.8. The lowest BCUT2D eigenvalue weighted by atomic mass is 10.1. The van der Waals surface area contributed by atoms with Crippen molar-refractivity contribution in [1.82, 2.24) is 21.3 Å². The molecule has 0 aromatic heterocycles. The number of hydrogen-bond donors (Lipinski definition) is 3. The van der Waals surface area contributed by atoms with Gasteiger partial charge in [0.1, 0.15) is 5.56 Å². The van der Waals surface area contributed by atoms with Crippen LogP contribution in [-0.4, -0.2) is 52.7 Å². The Morgan fingerprint density at radius 3 is 2.38 bits per heavy atom. The predicted molar refractivity (Wildman–Crippen MR) is 113 cm³/mol. The molecule has 0 bridgehead atoms. The zero-order valence-electron chi connectivity index (χ0n) is 17.6. The Labute approximate surface area is 192 Å².